The maximum absolute atomic E-state index is 9.38. The number of aliphatic hydroxyl groups is 1. The van der Waals surface area contributed by atoms with Crippen LogP contribution in [0.2, 0.25) is 15.1 Å². The normalized spacial score (nSPS) is 12.5. The molecule has 2 nitrogen and oxygen atoms in total. The first-order valence-corrected chi connectivity index (χ1v) is 6.63. The molecule has 0 radical (unpaired) electrons. The van der Waals surface area contributed by atoms with Gasteiger partial charge in [-0.3, -0.25) is 0 Å². The van der Waals surface area contributed by atoms with E-state index in [1.807, 2.05) is 6.92 Å². The highest BCUT2D eigenvalue weighted by Gasteiger charge is 2.09. The Hall–Kier alpha value is -0.150. The topological polar surface area (TPSA) is 29.5 Å². The molecule has 0 amide bonds. The lowest BCUT2D eigenvalue weighted by molar-refractivity contribution is 0.149. The molecule has 0 aliphatic carbocycles. The Bertz CT molecular complexity index is 346. The molecular formula is C12H15Cl3O2. The first-order valence-electron chi connectivity index (χ1n) is 5.50. The Kier molecular flexibility index (Phi) is 6.42. The predicted molar refractivity (Wildman–Crippen MR) is 72.5 cm³/mol. The summed E-state index contributed by atoms with van der Waals surface area (Å²) in [5.74, 6) is 0.448. The number of rotatable bonds is 6. The average Bonchev–Trinajstić information content (AvgIpc) is 2.26. The zero-order valence-corrected chi connectivity index (χ0v) is 11.8. The minimum atomic E-state index is -0.269. The Morgan fingerprint density at radius 1 is 1.24 bits per heavy atom. The number of ether oxygens (including phenoxy) is 1. The molecule has 0 fully saturated rings. The van der Waals surface area contributed by atoms with Gasteiger partial charge in [-0.05, 0) is 31.4 Å². The van der Waals surface area contributed by atoms with E-state index in [0.717, 1.165) is 12.8 Å². The van der Waals surface area contributed by atoms with Gasteiger partial charge in [0.2, 0.25) is 0 Å². The fourth-order valence-electron chi connectivity index (χ4n) is 1.36. The van der Waals surface area contributed by atoms with E-state index in [1.54, 1.807) is 12.1 Å². The van der Waals surface area contributed by atoms with Crippen molar-refractivity contribution in [1.29, 1.82) is 0 Å². The van der Waals surface area contributed by atoms with Crippen LogP contribution in [0.1, 0.15) is 26.2 Å². The summed E-state index contributed by atoms with van der Waals surface area (Å²) >= 11 is 17.7. The largest absolute Gasteiger partial charge is 0.490 e. The van der Waals surface area contributed by atoms with Crippen LogP contribution in [0.4, 0.5) is 0 Å². The zero-order valence-electron chi connectivity index (χ0n) is 9.55. The van der Waals surface area contributed by atoms with E-state index < -0.39 is 0 Å². The molecule has 0 bridgehead atoms. The standard InChI is InChI=1S/C12H15Cl3O2/c1-2-9(16)4-3-5-17-12-10(14)6-8(13)7-11(12)15/h6-7,9,16H,2-5H2,1H3. The Morgan fingerprint density at radius 3 is 2.35 bits per heavy atom. The van der Waals surface area contributed by atoms with Crippen LogP contribution in [0.25, 0.3) is 0 Å². The van der Waals surface area contributed by atoms with Gasteiger partial charge in [-0.15, -0.1) is 0 Å². The van der Waals surface area contributed by atoms with Crippen molar-refractivity contribution in [2.45, 2.75) is 32.3 Å². The van der Waals surface area contributed by atoms with Gasteiger partial charge in [0.1, 0.15) is 0 Å². The molecule has 17 heavy (non-hydrogen) atoms. The van der Waals surface area contributed by atoms with Crippen LogP contribution in [0.3, 0.4) is 0 Å². The zero-order chi connectivity index (χ0) is 12.8. The van der Waals surface area contributed by atoms with Crippen LogP contribution in [-0.4, -0.2) is 17.8 Å². The molecule has 0 aliphatic heterocycles. The van der Waals surface area contributed by atoms with Crippen molar-refractivity contribution < 1.29 is 9.84 Å². The summed E-state index contributed by atoms with van der Waals surface area (Å²) in [6.45, 7) is 2.41. The van der Waals surface area contributed by atoms with Gasteiger partial charge in [0, 0.05) is 5.02 Å². The predicted octanol–water partition coefficient (Wildman–Crippen LogP) is 4.58. The van der Waals surface area contributed by atoms with E-state index in [-0.39, 0.29) is 6.10 Å². The Labute approximate surface area is 116 Å². The smallest absolute Gasteiger partial charge is 0.156 e. The molecule has 0 saturated carbocycles. The molecule has 0 aliphatic rings. The third-order valence-corrected chi connectivity index (χ3v) is 3.14. The van der Waals surface area contributed by atoms with Crippen molar-refractivity contribution >= 4 is 34.8 Å². The molecule has 0 saturated heterocycles. The second-order valence-corrected chi connectivity index (χ2v) is 5.00. The summed E-state index contributed by atoms with van der Waals surface area (Å²) < 4.78 is 5.48. The molecule has 1 N–H and O–H groups in total. The van der Waals surface area contributed by atoms with Crippen LogP contribution in [0, 0.1) is 0 Å². The van der Waals surface area contributed by atoms with E-state index in [2.05, 4.69) is 0 Å². The second-order valence-electron chi connectivity index (χ2n) is 3.75. The first kappa shape index (κ1) is 14.9. The van der Waals surface area contributed by atoms with Gasteiger partial charge in [-0.25, -0.2) is 0 Å². The minimum absolute atomic E-state index is 0.269. The number of aliphatic hydroxyl groups excluding tert-OH is 1. The SMILES string of the molecule is CCC(O)CCCOc1c(Cl)cc(Cl)cc1Cl. The molecule has 1 unspecified atom stereocenters. The van der Waals surface area contributed by atoms with E-state index >= 15 is 0 Å². The minimum Gasteiger partial charge on any atom is -0.490 e. The van der Waals surface area contributed by atoms with E-state index in [4.69, 9.17) is 39.5 Å². The molecule has 1 aromatic carbocycles. The van der Waals surface area contributed by atoms with Gasteiger partial charge in [-0.1, -0.05) is 41.7 Å². The fraction of sp³-hybridized carbons (Fsp3) is 0.500. The van der Waals surface area contributed by atoms with Gasteiger partial charge >= 0.3 is 0 Å². The summed E-state index contributed by atoms with van der Waals surface area (Å²) in [5.41, 5.74) is 0. The highest BCUT2D eigenvalue weighted by atomic mass is 35.5. The van der Waals surface area contributed by atoms with Crippen LogP contribution >= 0.6 is 34.8 Å². The van der Waals surface area contributed by atoms with Crippen molar-refractivity contribution in [1.82, 2.24) is 0 Å². The van der Waals surface area contributed by atoms with E-state index in [0.29, 0.717) is 33.8 Å². The van der Waals surface area contributed by atoms with Crippen molar-refractivity contribution in [2.75, 3.05) is 6.61 Å². The third-order valence-electron chi connectivity index (χ3n) is 2.36. The first-order chi connectivity index (χ1) is 8.04. The summed E-state index contributed by atoms with van der Waals surface area (Å²) in [4.78, 5) is 0. The lowest BCUT2D eigenvalue weighted by Crippen LogP contribution is -2.07. The fourth-order valence-corrected chi connectivity index (χ4v) is 2.29. The highest BCUT2D eigenvalue weighted by molar-refractivity contribution is 6.40. The molecule has 1 rings (SSSR count). The van der Waals surface area contributed by atoms with Gasteiger partial charge in [-0.2, -0.15) is 0 Å². The summed E-state index contributed by atoms with van der Waals surface area (Å²) in [7, 11) is 0. The summed E-state index contributed by atoms with van der Waals surface area (Å²) in [6.07, 6.45) is 1.95. The highest BCUT2D eigenvalue weighted by Crippen LogP contribution is 2.35. The van der Waals surface area contributed by atoms with E-state index in [1.165, 1.54) is 0 Å². The lowest BCUT2D eigenvalue weighted by Gasteiger charge is -2.11. The van der Waals surface area contributed by atoms with Crippen molar-refractivity contribution in [2.24, 2.45) is 0 Å². The van der Waals surface area contributed by atoms with Crippen LogP contribution in [-0.2, 0) is 0 Å². The summed E-state index contributed by atoms with van der Waals surface area (Å²) in [6, 6.07) is 3.18. The van der Waals surface area contributed by atoms with Crippen LogP contribution in [0.5, 0.6) is 5.75 Å². The number of hydrogen-bond acceptors (Lipinski definition) is 2. The molecule has 1 aromatic rings. The molecule has 96 valence electrons. The number of halogens is 3. The quantitative estimate of drug-likeness (QED) is 0.779. The van der Waals surface area contributed by atoms with E-state index in [9.17, 15) is 5.11 Å². The molecule has 1 atom stereocenters. The van der Waals surface area contributed by atoms with Crippen molar-refractivity contribution in [3.63, 3.8) is 0 Å². The Morgan fingerprint density at radius 2 is 1.82 bits per heavy atom. The van der Waals surface area contributed by atoms with Gasteiger partial charge in [0.15, 0.2) is 5.75 Å². The second kappa shape index (κ2) is 7.32. The monoisotopic (exact) mass is 296 g/mol. The van der Waals surface area contributed by atoms with Crippen LogP contribution < -0.4 is 4.74 Å². The average molecular weight is 298 g/mol. The van der Waals surface area contributed by atoms with Crippen LogP contribution in [0.15, 0.2) is 12.1 Å². The summed E-state index contributed by atoms with van der Waals surface area (Å²) in [5, 5.41) is 10.7. The molecule has 0 aromatic heterocycles. The molecule has 5 heteroatoms. The van der Waals surface area contributed by atoms with Gasteiger partial charge < -0.3 is 9.84 Å². The number of hydrogen-bond donors (Lipinski definition) is 1. The van der Waals surface area contributed by atoms with Crippen molar-refractivity contribution in [3.8, 4) is 5.75 Å². The van der Waals surface area contributed by atoms with Gasteiger partial charge in [0.05, 0.1) is 22.8 Å². The molecule has 0 heterocycles. The lowest BCUT2D eigenvalue weighted by atomic mass is 10.1. The molecule has 0 spiro atoms. The van der Waals surface area contributed by atoms with Gasteiger partial charge in [0.25, 0.3) is 0 Å². The molecular weight excluding hydrogens is 282 g/mol. The number of benzene rings is 1. The van der Waals surface area contributed by atoms with Crippen molar-refractivity contribution in [3.05, 3.63) is 27.2 Å². The third kappa shape index (κ3) is 4.92. The maximum atomic E-state index is 9.38. The Balaban J connectivity index is 2.47. The maximum Gasteiger partial charge on any atom is 0.156 e.